The van der Waals surface area contributed by atoms with Gasteiger partial charge in [0.25, 0.3) is 0 Å². The molecule has 2 fully saturated rings. The quantitative estimate of drug-likeness (QED) is 0.564. The number of benzene rings is 1. The minimum atomic E-state index is -0.325. The molecule has 0 N–H and O–H groups in total. The van der Waals surface area contributed by atoms with Crippen molar-refractivity contribution in [2.24, 2.45) is 0 Å². The van der Waals surface area contributed by atoms with Gasteiger partial charge in [-0.15, -0.1) is 0 Å². The molecular formula is C22H34BNO4. The van der Waals surface area contributed by atoms with Crippen LogP contribution < -0.4 is 5.46 Å². The van der Waals surface area contributed by atoms with Crippen molar-refractivity contribution in [1.29, 1.82) is 0 Å². The Kier molecular flexibility index (Phi) is 6.40. The first-order valence-corrected chi connectivity index (χ1v) is 10.6. The lowest BCUT2D eigenvalue weighted by Crippen LogP contribution is -2.41. The van der Waals surface area contributed by atoms with Crippen LogP contribution in [0.5, 0.6) is 0 Å². The highest BCUT2D eigenvalue weighted by Gasteiger charge is 2.51. The number of ether oxygens (including phenoxy) is 1. The van der Waals surface area contributed by atoms with Gasteiger partial charge in [-0.3, -0.25) is 0 Å². The molecule has 1 aromatic rings. The largest absolute Gasteiger partial charge is 0.494 e. The zero-order chi connectivity index (χ0) is 20.4. The minimum Gasteiger partial charge on any atom is -0.449 e. The summed E-state index contributed by atoms with van der Waals surface area (Å²) in [5.74, 6) is 0.479. The van der Waals surface area contributed by atoms with Gasteiger partial charge in [-0.1, -0.05) is 37.6 Å². The third kappa shape index (κ3) is 4.55. The second kappa shape index (κ2) is 8.46. The number of nitrogens with zero attached hydrogens (tertiary/aromatic N) is 1. The maximum absolute atomic E-state index is 12.1. The van der Waals surface area contributed by atoms with Crippen molar-refractivity contribution >= 4 is 18.7 Å². The summed E-state index contributed by atoms with van der Waals surface area (Å²) in [4.78, 5) is 13.9. The summed E-state index contributed by atoms with van der Waals surface area (Å²) in [5, 5.41) is 0. The topological polar surface area (TPSA) is 48.0 Å². The number of unbranched alkanes of at least 4 members (excludes halogenated alkanes) is 1. The number of amides is 1. The lowest BCUT2D eigenvalue weighted by Gasteiger charge is -2.32. The first-order valence-electron chi connectivity index (χ1n) is 10.6. The average molecular weight is 387 g/mol. The molecule has 3 rings (SSSR count). The van der Waals surface area contributed by atoms with E-state index in [9.17, 15) is 4.79 Å². The van der Waals surface area contributed by atoms with Gasteiger partial charge >= 0.3 is 13.2 Å². The predicted octanol–water partition coefficient (Wildman–Crippen LogP) is 4.10. The third-order valence-corrected chi connectivity index (χ3v) is 6.41. The number of hydrogen-bond donors (Lipinski definition) is 0. The fourth-order valence-corrected chi connectivity index (χ4v) is 3.69. The van der Waals surface area contributed by atoms with E-state index in [1.165, 1.54) is 5.56 Å². The summed E-state index contributed by atoms with van der Waals surface area (Å²) in [6.45, 7) is 12.4. The second-order valence-electron chi connectivity index (χ2n) is 8.98. The molecule has 0 aromatic heterocycles. The maximum Gasteiger partial charge on any atom is 0.494 e. The van der Waals surface area contributed by atoms with Crippen molar-refractivity contribution in [3.05, 3.63) is 29.8 Å². The molecule has 2 aliphatic heterocycles. The summed E-state index contributed by atoms with van der Waals surface area (Å²) in [6, 6.07) is 8.59. The van der Waals surface area contributed by atoms with E-state index in [-0.39, 0.29) is 24.4 Å². The average Bonchev–Trinajstić information content (AvgIpc) is 2.89. The fourth-order valence-electron chi connectivity index (χ4n) is 3.69. The van der Waals surface area contributed by atoms with Crippen LogP contribution in [0, 0.1) is 0 Å². The van der Waals surface area contributed by atoms with Gasteiger partial charge < -0.3 is 18.9 Å². The Bertz CT molecular complexity index is 650. The van der Waals surface area contributed by atoms with E-state index in [0.717, 1.165) is 44.2 Å². The van der Waals surface area contributed by atoms with E-state index in [1.54, 1.807) is 0 Å². The molecular weight excluding hydrogens is 353 g/mol. The van der Waals surface area contributed by atoms with E-state index in [0.29, 0.717) is 12.5 Å². The molecule has 6 heteroatoms. The molecule has 1 aromatic carbocycles. The molecule has 2 heterocycles. The van der Waals surface area contributed by atoms with Crippen molar-refractivity contribution in [3.8, 4) is 0 Å². The highest BCUT2D eigenvalue weighted by Crippen LogP contribution is 2.36. The molecule has 0 atom stereocenters. The highest BCUT2D eigenvalue weighted by molar-refractivity contribution is 6.62. The molecule has 0 spiro atoms. The van der Waals surface area contributed by atoms with Crippen LogP contribution in [0.3, 0.4) is 0 Å². The molecule has 28 heavy (non-hydrogen) atoms. The molecule has 0 radical (unpaired) electrons. The first kappa shape index (κ1) is 21.2. The summed E-state index contributed by atoms with van der Waals surface area (Å²) in [5.41, 5.74) is 1.72. The summed E-state index contributed by atoms with van der Waals surface area (Å²) in [7, 11) is -0.321. The van der Waals surface area contributed by atoms with Crippen LogP contribution in [0.25, 0.3) is 0 Å². The molecule has 0 unspecified atom stereocenters. The molecule has 2 aliphatic rings. The molecule has 0 aliphatic carbocycles. The van der Waals surface area contributed by atoms with Crippen LogP contribution >= 0.6 is 0 Å². The van der Waals surface area contributed by atoms with Crippen molar-refractivity contribution in [2.45, 2.75) is 77.4 Å². The van der Waals surface area contributed by atoms with Crippen LogP contribution in [0.1, 0.15) is 71.8 Å². The van der Waals surface area contributed by atoms with E-state index in [1.807, 2.05) is 4.90 Å². The first-order chi connectivity index (χ1) is 13.2. The van der Waals surface area contributed by atoms with Gasteiger partial charge in [0.05, 0.1) is 17.8 Å². The molecule has 154 valence electrons. The number of carbonyl (C=O) groups excluding carboxylic acids is 1. The van der Waals surface area contributed by atoms with Crippen LogP contribution in [0.15, 0.2) is 24.3 Å². The highest BCUT2D eigenvalue weighted by atomic mass is 16.7. The Hall–Kier alpha value is -1.53. The van der Waals surface area contributed by atoms with Crippen molar-refractivity contribution < 1.29 is 18.8 Å². The summed E-state index contributed by atoms with van der Waals surface area (Å²) in [6.07, 6.45) is 3.74. The molecule has 0 saturated carbocycles. The van der Waals surface area contributed by atoms with Crippen molar-refractivity contribution in [1.82, 2.24) is 4.90 Å². The molecule has 0 bridgehead atoms. The van der Waals surface area contributed by atoms with Gasteiger partial charge in [0.15, 0.2) is 0 Å². The maximum atomic E-state index is 12.1. The molecule has 5 nitrogen and oxygen atoms in total. The monoisotopic (exact) mass is 387 g/mol. The Morgan fingerprint density at radius 3 is 2.21 bits per heavy atom. The second-order valence-corrected chi connectivity index (χ2v) is 8.98. The van der Waals surface area contributed by atoms with Gasteiger partial charge in [-0.05, 0) is 63.9 Å². The number of likely N-dealkylation sites (tertiary alicyclic amines) is 1. The van der Waals surface area contributed by atoms with E-state index in [4.69, 9.17) is 14.0 Å². The Labute approximate surface area is 169 Å². The SMILES string of the molecule is CCCCOC(=O)N1CCC(c2ccc(B3OC(C)(C)C(C)(C)O3)cc2)CC1. The smallest absolute Gasteiger partial charge is 0.449 e. The van der Waals surface area contributed by atoms with Gasteiger partial charge in [0.1, 0.15) is 0 Å². The van der Waals surface area contributed by atoms with Crippen LogP contribution in [-0.4, -0.2) is 49.0 Å². The lowest BCUT2D eigenvalue weighted by atomic mass is 9.77. The van der Waals surface area contributed by atoms with Gasteiger partial charge in [-0.25, -0.2) is 4.79 Å². The number of carbonyl (C=O) groups is 1. The third-order valence-electron chi connectivity index (χ3n) is 6.41. The number of piperidine rings is 1. The van der Waals surface area contributed by atoms with Crippen LogP contribution in [0.4, 0.5) is 4.79 Å². The zero-order valence-electron chi connectivity index (χ0n) is 18.0. The Morgan fingerprint density at radius 1 is 1.11 bits per heavy atom. The van der Waals surface area contributed by atoms with Gasteiger partial charge in [0, 0.05) is 13.1 Å². The van der Waals surface area contributed by atoms with Crippen molar-refractivity contribution in [2.75, 3.05) is 19.7 Å². The van der Waals surface area contributed by atoms with Crippen LogP contribution in [-0.2, 0) is 14.0 Å². The summed E-state index contributed by atoms with van der Waals surface area (Å²) >= 11 is 0. The Morgan fingerprint density at radius 2 is 1.68 bits per heavy atom. The van der Waals surface area contributed by atoms with E-state index >= 15 is 0 Å². The Balaban J connectivity index is 1.53. The fraction of sp³-hybridized carbons (Fsp3) is 0.682. The molecule has 2 saturated heterocycles. The summed E-state index contributed by atoms with van der Waals surface area (Å²) < 4.78 is 17.6. The van der Waals surface area contributed by atoms with Crippen molar-refractivity contribution in [3.63, 3.8) is 0 Å². The van der Waals surface area contributed by atoms with E-state index < -0.39 is 0 Å². The van der Waals surface area contributed by atoms with Gasteiger partial charge in [0.2, 0.25) is 0 Å². The van der Waals surface area contributed by atoms with E-state index in [2.05, 4.69) is 58.9 Å². The zero-order valence-corrected chi connectivity index (χ0v) is 18.0. The molecule has 1 amide bonds. The number of rotatable bonds is 5. The lowest BCUT2D eigenvalue weighted by molar-refractivity contribution is 0.00578. The normalized spacial score (nSPS) is 21.8. The van der Waals surface area contributed by atoms with Crippen LogP contribution in [0.2, 0.25) is 0 Å². The number of hydrogen-bond acceptors (Lipinski definition) is 4. The van der Waals surface area contributed by atoms with Gasteiger partial charge in [-0.2, -0.15) is 0 Å². The predicted molar refractivity (Wildman–Crippen MR) is 112 cm³/mol. The minimum absolute atomic E-state index is 0.164. The standard InChI is InChI=1S/C22H34BNO4/c1-6-7-16-26-20(25)24-14-12-18(13-15-24)17-8-10-19(11-9-17)23-27-21(2,3)22(4,5)28-23/h8-11,18H,6-7,12-16H2,1-5H3.